The highest BCUT2D eigenvalue weighted by Gasteiger charge is 2.49. The SMILES string of the molecule is CC1(C)C[C@H]2C[C@@](C)(CN2CC#C[C@@]2(C)CCCC(C)(C)O2)C1. The summed E-state index contributed by atoms with van der Waals surface area (Å²) in [4.78, 5) is 2.64. The third kappa shape index (κ3) is 3.94. The Morgan fingerprint density at radius 1 is 1.04 bits per heavy atom. The fourth-order valence-corrected chi connectivity index (χ4v) is 5.74. The van der Waals surface area contributed by atoms with E-state index in [1.165, 1.54) is 32.2 Å². The Morgan fingerprint density at radius 2 is 1.78 bits per heavy atom. The van der Waals surface area contributed by atoms with E-state index >= 15 is 0 Å². The monoisotopic (exact) mass is 317 g/mol. The van der Waals surface area contributed by atoms with Gasteiger partial charge in [0.05, 0.1) is 12.1 Å². The molecule has 0 radical (unpaired) electrons. The van der Waals surface area contributed by atoms with Crippen molar-refractivity contribution in [1.29, 1.82) is 0 Å². The molecule has 0 aromatic rings. The Bertz CT molecular complexity index is 526. The van der Waals surface area contributed by atoms with Gasteiger partial charge in [0.1, 0.15) is 5.60 Å². The molecule has 3 atom stereocenters. The number of rotatable bonds is 1. The molecule has 2 nitrogen and oxygen atoms in total. The van der Waals surface area contributed by atoms with E-state index in [2.05, 4.69) is 58.3 Å². The van der Waals surface area contributed by atoms with Crippen LogP contribution in [0.1, 0.15) is 80.1 Å². The van der Waals surface area contributed by atoms with Crippen molar-refractivity contribution in [3.05, 3.63) is 0 Å². The Morgan fingerprint density at radius 3 is 2.48 bits per heavy atom. The first-order valence-corrected chi connectivity index (χ1v) is 9.44. The van der Waals surface area contributed by atoms with Crippen LogP contribution in [0.15, 0.2) is 0 Å². The Hall–Kier alpha value is -0.520. The summed E-state index contributed by atoms with van der Waals surface area (Å²) in [6.07, 6.45) is 7.47. The second kappa shape index (κ2) is 5.50. The third-order valence-electron chi connectivity index (χ3n) is 6.09. The van der Waals surface area contributed by atoms with Crippen LogP contribution in [0.4, 0.5) is 0 Å². The molecule has 0 aromatic carbocycles. The van der Waals surface area contributed by atoms with Gasteiger partial charge in [-0.05, 0) is 70.1 Å². The molecule has 1 aliphatic carbocycles. The Kier molecular flexibility index (Phi) is 4.14. The van der Waals surface area contributed by atoms with Crippen molar-refractivity contribution in [3.8, 4) is 11.8 Å². The Balaban J connectivity index is 1.64. The summed E-state index contributed by atoms with van der Waals surface area (Å²) in [6, 6.07) is 0.731. The molecular weight excluding hydrogens is 282 g/mol. The zero-order chi connectivity index (χ0) is 16.9. The smallest absolute Gasteiger partial charge is 0.126 e. The average molecular weight is 318 g/mol. The molecule has 3 fully saturated rings. The van der Waals surface area contributed by atoms with Crippen molar-refractivity contribution in [1.82, 2.24) is 4.90 Å². The van der Waals surface area contributed by atoms with Gasteiger partial charge in [0.25, 0.3) is 0 Å². The fraction of sp³-hybridized carbons (Fsp3) is 0.905. The van der Waals surface area contributed by atoms with E-state index < -0.39 is 0 Å². The molecule has 2 heterocycles. The largest absolute Gasteiger partial charge is 0.357 e. The van der Waals surface area contributed by atoms with Crippen molar-refractivity contribution in [2.45, 2.75) is 97.3 Å². The summed E-state index contributed by atoms with van der Waals surface area (Å²) in [5.74, 6) is 6.96. The van der Waals surface area contributed by atoms with E-state index in [4.69, 9.17) is 4.74 Å². The molecule has 0 unspecified atom stereocenters. The molecular formula is C21H35NO. The number of fused-ring (bicyclic) bond motifs is 2. The fourth-order valence-electron chi connectivity index (χ4n) is 5.74. The molecule has 23 heavy (non-hydrogen) atoms. The summed E-state index contributed by atoms with van der Waals surface area (Å²) in [5.41, 5.74) is 0.715. The zero-order valence-corrected chi connectivity index (χ0v) is 16.1. The van der Waals surface area contributed by atoms with Crippen molar-refractivity contribution in [2.24, 2.45) is 10.8 Å². The molecule has 130 valence electrons. The molecule has 2 aliphatic heterocycles. The number of hydrogen-bond acceptors (Lipinski definition) is 2. The summed E-state index contributed by atoms with van der Waals surface area (Å²) >= 11 is 0. The lowest BCUT2D eigenvalue weighted by Gasteiger charge is -2.40. The summed E-state index contributed by atoms with van der Waals surface area (Å²) < 4.78 is 6.27. The molecule has 2 bridgehead atoms. The zero-order valence-electron chi connectivity index (χ0n) is 16.1. The summed E-state index contributed by atoms with van der Waals surface area (Å²) in [6.45, 7) is 16.0. The van der Waals surface area contributed by atoms with Gasteiger partial charge in [-0.25, -0.2) is 0 Å². The lowest BCUT2D eigenvalue weighted by molar-refractivity contribution is -0.135. The predicted molar refractivity (Wildman–Crippen MR) is 96.3 cm³/mol. The molecule has 0 spiro atoms. The van der Waals surface area contributed by atoms with Crippen molar-refractivity contribution >= 4 is 0 Å². The van der Waals surface area contributed by atoms with Crippen molar-refractivity contribution in [3.63, 3.8) is 0 Å². The van der Waals surface area contributed by atoms with Gasteiger partial charge in [0, 0.05) is 12.6 Å². The molecule has 3 rings (SSSR count). The van der Waals surface area contributed by atoms with Crippen LogP contribution < -0.4 is 0 Å². The van der Waals surface area contributed by atoms with Gasteiger partial charge in [-0.3, -0.25) is 4.90 Å². The quantitative estimate of drug-likeness (QED) is 0.654. The topological polar surface area (TPSA) is 12.5 Å². The highest BCUT2D eigenvalue weighted by molar-refractivity contribution is 5.17. The molecule has 1 saturated carbocycles. The van der Waals surface area contributed by atoms with Gasteiger partial charge in [-0.1, -0.05) is 32.6 Å². The lowest BCUT2D eigenvalue weighted by atomic mass is 9.65. The van der Waals surface area contributed by atoms with Crippen LogP contribution in [0.2, 0.25) is 0 Å². The minimum absolute atomic E-state index is 0.0244. The van der Waals surface area contributed by atoms with Gasteiger partial charge < -0.3 is 4.74 Å². The second-order valence-corrected chi connectivity index (χ2v) is 10.4. The second-order valence-electron chi connectivity index (χ2n) is 10.4. The van der Waals surface area contributed by atoms with Crippen LogP contribution in [-0.2, 0) is 4.74 Å². The summed E-state index contributed by atoms with van der Waals surface area (Å²) in [5, 5.41) is 0. The van der Waals surface area contributed by atoms with Crippen molar-refractivity contribution in [2.75, 3.05) is 13.1 Å². The first kappa shape index (κ1) is 17.3. The standard InChI is InChI=1S/C21H35NO/c1-18(2)13-17-14-20(5,15-18)16-22(17)12-8-11-21(6)10-7-9-19(3,4)23-21/h17H,7,9-10,12-16H2,1-6H3/t17-,20+,21+/m0/s1. The molecule has 3 aliphatic rings. The first-order chi connectivity index (χ1) is 10.5. The van der Waals surface area contributed by atoms with Gasteiger partial charge in [-0.2, -0.15) is 0 Å². The summed E-state index contributed by atoms with van der Waals surface area (Å²) in [7, 11) is 0. The van der Waals surface area contributed by atoms with Crippen LogP contribution in [-0.4, -0.2) is 35.2 Å². The number of hydrogen-bond donors (Lipinski definition) is 0. The van der Waals surface area contributed by atoms with E-state index in [1.807, 2.05) is 0 Å². The highest BCUT2D eigenvalue weighted by atomic mass is 16.5. The van der Waals surface area contributed by atoms with Gasteiger partial charge in [0.15, 0.2) is 0 Å². The van der Waals surface area contributed by atoms with E-state index in [-0.39, 0.29) is 11.2 Å². The van der Waals surface area contributed by atoms with E-state index in [1.54, 1.807) is 0 Å². The normalized spacial score (nSPS) is 42.1. The molecule has 2 heteroatoms. The minimum atomic E-state index is -0.250. The van der Waals surface area contributed by atoms with Crippen molar-refractivity contribution < 1.29 is 4.74 Å². The van der Waals surface area contributed by atoms with E-state index in [0.717, 1.165) is 25.4 Å². The molecule has 0 aromatic heterocycles. The van der Waals surface area contributed by atoms with Crippen LogP contribution in [0, 0.1) is 22.7 Å². The van der Waals surface area contributed by atoms with Crippen LogP contribution in [0.3, 0.4) is 0 Å². The van der Waals surface area contributed by atoms with Crippen LogP contribution >= 0.6 is 0 Å². The van der Waals surface area contributed by atoms with Crippen LogP contribution in [0.25, 0.3) is 0 Å². The molecule has 0 N–H and O–H groups in total. The highest BCUT2D eigenvalue weighted by Crippen LogP contribution is 2.52. The third-order valence-corrected chi connectivity index (χ3v) is 6.09. The number of likely N-dealkylation sites (tertiary alicyclic amines) is 1. The maximum absolute atomic E-state index is 6.27. The predicted octanol–water partition coefficient (Wildman–Crippen LogP) is 4.63. The van der Waals surface area contributed by atoms with Gasteiger partial charge in [0.2, 0.25) is 0 Å². The van der Waals surface area contributed by atoms with Gasteiger partial charge in [-0.15, -0.1) is 0 Å². The number of nitrogens with zero attached hydrogens (tertiary/aromatic N) is 1. The average Bonchev–Trinajstić information content (AvgIpc) is 2.56. The minimum Gasteiger partial charge on any atom is -0.357 e. The van der Waals surface area contributed by atoms with E-state index in [0.29, 0.717) is 10.8 Å². The number of ether oxygens (including phenoxy) is 1. The molecule has 0 amide bonds. The van der Waals surface area contributed by atoms with Gasteiger partial charge >= 0.3 is 0 Å². The lowest BCUT2D eigenvalue weighted by Crippen LogP contribution is -2.42. The van der Waals surface area contributed by atoms with Crippen LogP contribution in [0.5, 0.6) is 0 Å². The first-order valence-electron chi connectivity index (χ1n) is 9.44. The Labute approximate surface area is 143 Å². The maximum atomic E-state index is 6.27. The van der Waals surface area contributed by atoms with E-state index in [9.17, 15) is 0 Å². The maximum Gasteiger partial charge on any atom is 0.126 e. The molecule has 2 saturated heterocycles.